The minimum absolute atomic E-state index is 0. The fourth-order valence-electron chi connectivity index (χ4n) is 1.24. The van der Waals surface area contributed by atoms with Crippen LogP contribution in [-0.2, 0) is 19.0 Å². The Morgan fingerprint density at radius 3 is 1.81 bits per heavy atom. The van der Waals surface area contributed by atoms with Crippen LogP contribution in [0.4, 0.5) is 0 Å². The molecule has 0 saturated heterocycles. The number of carbonyl (C=O) groups excluding carboxylic acids is 1. The van der Waals surface area contributed by atoms with Crippen LogP contribution in [0.15, 0.2) is 4.99 Å². The van der Waals surface area contributed by atoms with Gasteiger partial charge in [-0.25, -0.2) is 9.79 Å². The molecule has 96 valence electrons. The lowest BCUT2D eigenvalue weighted by Gasteiger charge is -2.31. The monoisotopic (exact) mass is 249 g/mol. The zero-order chi connectivity index (χ0) is 11.6. The topological polar surface area (TPSA) is 57.1 Å². The summed E-state index contributed by atoms with van der Waals surface area (Å²) >= 11 is 0. The first-order valence-electron chi connectivity index (χ1n) is 5.20. The van der Waals surface area contributed by atoms with Gasteiger partial charge < -0.3 is 14.2 Å². The fourth-order valence-corrected chi connectivity index (χ4v) is 1.24. The second-order valence-electron chi connectivity index (χ2n) is 2.71. The van der Waals surface area contributed by atoms with Gasteiger partial charge in [0.1, 0.15) is 0 Å². The molecule has 0 amide bonds. The van der Waals surface area contributed by atoms with Gasteiger partial charge in [0.25, 0.3) is 5.97 Å². The van der Waals surface area contributed by atoms with Crippen molar-refractivity contribution in [3.63, 3.8) is 0 Å². The van der Waals surface area contributed by atoms with Gasteiger partial charge in [0.05, 0.1) is 6.54 Å². The van der Waals surface area contributed by atoms with Crippen molar-refractivity contribution in [1.82, 2.24) is 0 Å². The second-order valence-corrected chi connectivity index (χ2v) is 2.71. The highest BCUT2D eigenvalue weighted by Gasteiger charge is 2.31. The van der Waals surface area contributed by atoms with Crippen molar-refractivity contribution in [2.45, 2.75) is 33.2 Å². The number of nitrogens with zero attached hydrogens (tertiary/aromatic N) is 1. The van der Waals surface area contributed by atoms with Gasteiger partial charge >= 0.3 is 0 Å². The average Bonchev–Trinajstić information content (AvgIpc) is 2.19. The molecule has 0 atom stereocenters. The van der Waals surface area contributed by atoms with E-state index in [1.807, 2.05) is 20.8 Å². The molecule has 0 aromatic carbocycles. The molecule has 0 heterocycles. The van der Waals surface area contributed by atoms with Crippen LogP contribution < -0.4 is 0 Å². The molecule has 0 spiro atoms. The van der Waals surface area contributed by atoms with E-state index in [1.165, 1.54) is 6.08 Å². The van der Waals surface area contributed by atoms with E-state index in [2.05, 4.69) is 4.99 Å². The van der Waals surface area contributed by atoms with Gasteiger partial charge in [-0.1, -0.05) is 0 Å². The lowest BCUT2D eigenvalue weighted by Crippen LogP contribution is -2.40. The Morgan fingerprint density at radius 1 is 1.06 bits per heavy atom. The highest BCUT2D eigenvalue weighted by molar-refractivity contribution is 5.75. The lowest BCUT2D eigenvalue weighted by molar-refractivity contribution is -0.378. The van der Waals surface area contributed by atoms with E-state index in [4.69, 9.17) is 14.2 Å². The summed E-state index contributed by atoms with van der Waals surface area (Å²) < 4.78 is 16.3. The van der Waals surface area contributed by atoms with Crippen molar-refractivity contribution in [2.75, 3.05) is 26.4 Å². The molecule has 0 aliphatic heterocycles. The maximum atomic E-state index is 9.95. The van der Waals surface area contributed by atoms with E-state index in [0.29, 0.717) is 26.2 Å². The molecule has 0 unspecified atom stereocenters. The first kappa shape index (κ1) is 17.9. The minimum atomic E-state index is -1.07. The summed E-state index contributed by atoms with van der Waals surface area (Å²) in [6.07, 6.45) is 1.86. The van der Waals surface area contributed by atoms with Gasteiger partial charge in [0.2, 0.25) is 6.08 Å². The molecule has 0 bridgehead atoms. The van der Waals surface area contributed by atoms with E-state index in [9.17, 15) is 4.79 Å². The standard InChI is InChI=1S/C10H19NO4.H4Si/c1-4-13-10(14-5-2,15-6-3)7-8-11-9-12;/h4-8H2,1-3H3;1H4. The molecule has 0 rings (SSSR count). The van der Waals surface area contributed by atoms with E-state index in [-0.39, 0.29) is 17.5 Å². The van der Waals surface area contributed by atoms with Crippen molar-refractivity contribution in [3.8, 4) is 0 Å². The van der Waals surface area contributed by atoms with Gasteiger partial charge in [-0.15, -0.1) is 0 Å². The summed E-state index contributed by atoms with van der Waals surface area (Å²) in [5, 5.41) is 0. The quantitative estimate of drug-likeness (QED) is 0.250. The third-order valence-corrected chi connectivity index (χ3v) is 1.69. The summed E-state index contributed by atoms with van der Waals surface area (Å²) in [6.45, 7) is 7.28. The molecule has 5 nitrogen and oxygen atoms in total. The zero-order valence-corrected chi connectivity index (χ0v) is 9.62. The number of rotatable bonds is 9. The maximum Gasteiger partial charge on any atom is 0.284 e. The molecular weight excluding hydrogens is 226 g/mol. The van der Waals surface area contributed by atoms with Gasteiger partial charge in [-0.2, -0.15) is 0 Å². The fraction of sp³-hybridized carbons (Fsp3) is 0.900. The van der Waals surface area contributed by atoms with Gasteiger partial charge in [0.15, 0.2) is 0 Å². The van der Waals surface area contributed by atoms with Crippen LogP contribution in [0, 0.1) is 0 Å². The van der Waals surface area contributed by atoms with Crippen molar-refractivity contribution < 1.29 is 19.0 Å². The number of aliphatic imine (C=N–C) groups is 1. The highest BCUT2D eigenvalue weighted by Crippen LogP contribution is 2.20. The summed E-state index contributed by atoms with van der Waals surface area (Å²) in [5.74, 6) is -1.07. The molecular formula is C10H23NO4Si. The third-order valence-electron chi connectivity index (χ3n) is 1.69. The van der Waals surface area contributed by atoms with Gasteiger partial charge in [-0.05, 0) is 31.7 Å². The van der Waals surface area contributed by atoms with Crippen LogP contribution in [0.25, 0.3) is 0 Å². The second kappa shape index (κ2) is 11.0. The van der Waals surface area contributed by atoms with Crippen molar-refractivity contribution in [1.29, 1.82) is 0 Å². The number of hydrogen-bond donors (Lipinski definition) is 0. The Labute approximate surface area is 101 Å². The molecule has 16 heavy (non-hydrogen) atoms. The SMILES string of the molecule is CCOC(CCN=C=O)(OCC)OCC.[SiH4]. The highest BCUT2D eigenvalue weighted by atomic mass is 28.1. The Balaban J connectivity index is 0. The zero-order valence-electron chi connectivity index (χ0n) is 9.62. The smallest absolute Gasteiger partial charge is 0.284 e. The molecule has 0 aromatic heterocycles. The van der Waals surface area contributed by atoms with Crippen LogP contribution in [0.5, 0.6) is 0 Å². The van der Waals surface area contributed by atoms with Crippen LogP contribution in [0.2, 0.25) is 0 Å². The summed E-state index contributed by atoms with van der Waals surface area (Å²) in [6, 6.07) is 0. The van der Waals surface area contributed by atoms with Crippen LogP contribution >= 0.6 is 0 Å². The van der Waals surface area contributed by atoms with Crippen molar-refractivity contribution in [2.24, 2.45) is 4.99 Å². The average molecular weight is 249 g/mol. The lowest BCUT2D eigenvalue weighted by atomic mass is 10.3. The number of isocyanates is 1. The summed E-state index contributed by atoms with van der Waals surface area (Å²) in [7, 11) is 0. The Kier molecular flexibility index (Phi) is 12.3. The summed E-state index contributed by atoms with van der Waals surface area (Å²) in [5.41, 5.74) is 0. The molecule has 0 radical (unpaired) electrons. The first-order valence-corrected chi connectivity index (χ1v) is 5.20. The molecule has 0 aliphatic carbocycles. The van der Waals surface area contributed by atoms with E-state index in [0.717, 1.165) is 0 Å². The van der Waals surface area contributed by atoms with Gasteiger partial charge in [-0.3, -0.25) is 0 Å². The van der Waals surface area contributed by atoms with E-state index >= 15 is 0 Å². The Hall–Kier alpha value is -0.523. The number of hydrogen-bond acceptors (Lipinski definition) is 5. The molecule has 0 fully saturated rings. The Bertz CT molecular complexity index is 190. The minimum Gasteiger partial charge on any atom is -0.328 e. The molecule has 0 N–H and O–H groups in total. The van der Waals surface area contributed by atoms with E-state index in [1.54, 1.807) is 0 Å². The molecule has 0 aromatic rings. The normalized spacial score (nSPS) is 10.4. The first-order chi connectivity index (χ1) is 7.24. The maximum absolute atomic E-state index is 9.95. The van der Waals surface area contributed by atoms with Crippen LogP contribution in [0.3, 0.4) is 0 Å². The van der Waals surface area contributed by atoms with Gasteiger partial charge in [0, 0.05) is 26.2 Å². The predicted octanol–water partition coefficient (Wildman–Crippen LogP) is 0.0240. The summed E-state index contributed by atoms with van der Waals surface area (Å²) in [4.78, 5) is 13.4. The number of ether oxygens (including phenoxy) is 3. The van der Waals surface area contributed by atoms with Crippen LogP contribution in [-0.4, -0.2) is 49.4 Å². The van der Waals surface area contributed by atoms with Crippen molar-refractivity contribution >= 4 is 17.0 Å². The molecule has 0 aliphatic rings. The van der Waals surface area contributed by atoms with Crippen LogP contribution in [0.1, 0.15) is 27.2 Å². The van der Waals surface area contributed by atoms with Crippen molar-refractivity contribution in [3.05, 3.63) is 0 Å². The predicted molar refractivity (Wildman–Crippen MR) is 66.5 cm³/mol. The largest absolute Gasteiger partial charge is 0.328 e. The third kappa shape index (κ3) is 6.87. The molecule has 0 saturated carbocycles. The van der Waals surface area contributed by atoms with E-state index < -0.39 is 5.97 Å². The molecule has 6 heteroatoms. The Morgan fingerprint density at radius 2 is 1.50 bits per heavy atom.